The summed E-state index contributed by atoms with van der Waals surface area (Å²) in [6, 6.07) is 6.97. The molecule has 1 heterocycles. The van der Waals surface area contributed by atoms with Gasteiger partial charge >= 0.3 is 12.1 Å². The number of hydrogen-bond acceptors (Lipinski definition) is 3. The molecule has 26 heavy (non-hydrogen) atoms. The summed E-state index contributed by atoms with van der Waals surface area (Å²) in [4.78, 5) is 27.7. The molecule has 0 aliphatic carbocycles. The van der Waals surface area contributed by atoms with Crippen LogP contribution in [0.25, 0.3) is 11.0 Å². The van der Waals surface area contributed by atoms with Gasteiger partial charge in [0.25, 0.3) is 5.91 Å². The summed E-state index contributed by atoms with van der Waals surface area (Å²) < 4.78 is 40.7. The molecule has 2 aromatic carbocycles. The van der Waals surface area contributed by atoms with E-state index >= 15 is 0 Å². The Morgan fingerprint density at radius 1 is 1.15 bits per heavy atom. The zero-order chi connectivity index (χ0) is 19.1. The van der Waals surface area contributed by atoms with E-state index in [1.165, 1.54) is 24.5 Å². The first-order valence-corrected chi connectivity index (χ1v) is 7.34. The molecule has 0 unspecified atom stereocenters. The van der Waals surface area contributed by atoms with Crippen molar-refractivity contribution in [2.45, 2.75) is 6.18 Å². The van der Waals surface area contributed by atoms with Crippen LogP contribution in [0.2, 0.25) is 0 Å². The van der Waals surface area contributed by atoms with Crippen molar-refractivity contribution in [3.8, 4) is 0 Å². The summed E-state index contributed by atoms with van der Waals surface area (Å²) in [5.41, 5.74) is -1.10. The minimum Gasteiger partial charge on any atom is -0.478 e. The van der Waals surface area contributed by atoms with Crippen LogP contribution in [0.15, 0.2) is 42.7 Å². The lowest BCUT2D eigenvalue weighted by Crippen LogP contribution is -2.19. The third-order valence-electron chi connectivity index (χ3n) is 3.80. The van der Waals surface area contributed by atoms with E-state index in [1.54, 1.807) is 11.6 Å². The summed E-state index contributed by atoms with van der Waals surface area (Å²) in [6.45, 7) is 0. The van der Waals surface area contributed by atoms with Crippen LogP contribution in [0.5, 0.6) is 0 Å². The summed E-state index contributed by atoms with van der Waals surface area (Å²) in [6.07, 6.45) is -3.28. The minimum atomic E-state index is -4.69. The lowest BCUT2D eigenvalue weighted by Gasteiger charge is -2.13. The number of carboxylic acids is 1. The third kappa shape index (κ3) is 3.10. The first-order valence-electron chi connectivity index (χ1n) is 7.34. The Balaban J connectivity index is 2.04. The molecule has 0 radical (unpaired) electrons. The highest BCUT2D eigenvalue weighted by Gasteiger charge is 2.34. The van der Waals surface area contributed by atoms with Crippen LogP contribution < -0.4 is 5.32 Å². The van der Waals surface area contributed by atoms with E-state index in [0.29, 0.717) is 5.52 Å². The van der Waals surface area contributed by atoms with Gasteiger partial charge in [-0.25, -0.2) is 9.78 Å². The number of amides is 1. The highest BCUT2D eigenvalue weighted by atomic mass is 19.4. The van der Waals surface area contributed by atoms with Crippen molar-refractivity contribution in [1.29, 1.82) is 0 Å². The fraction of sp³-hybridized carbons (Fsp3) is 0.118. The normalized spacial score (nSPS) is 11.5. The van der Waals surface area contributed by atoms with Gasteiger partial charge in [-0.15, -0.1) is 0 Å². The van der Waals surface area contributed by atoms with Crippen molar-refractivity contribution in [2.24, 2.45) is 7.05 Å². The molecule has 9 heteroatoms. The maximum Gasteiger partial charge on any atom is 0.417 e. The number of imidazole rings is 1. The van der Waals surface area contributed by atoms with Crippen LogP contribution in [-0.4, -0.2) is 26.5 Å². The molecular weight excluding hydrogens is 351 g/mol. The molecule has 0 aliphatic rings. The van der Waals surface area contributed by atoms with Crippen LogP contribution in [0, 0.1) is 0 Å². The van der Waals surface area contributed by atoms with Gasteiger partial charge in [0.05, 0.1) is 28.5 Å². The average molecular weight is 363 g/mol. The van der Waals surface area contributed by atoms with Crippen molar-refractivity contribution >= 4 is 28.6 Å². The number of carboxylic acid groups (broad SMARTS) is 1. The summed E-state index contributed by atoms with van der Waals surface area (Å²) >= 11 is 0. The third-order valence-corrected chi connectivity index (χ3v) is 3.80. The number of aromatic carboxylic acids is 1. The van der Waals surface area contributed by atoms with E-state index in [2.05, 4.69) is 10.3 Å². The molecule has 0 saturated carbocycles. The lowest BCUT2D eigenvalue weighted by molar-refractivity contribution is -0.137. The number of anilines is 1. The summed E-state index contributed by atoms with van der Waals surface area (Å²) in [5, 5.41) is 11.6. The van der Waals surface area contributed by atoms with Crippen LogP contribution in [0.4, 0.5) is 18.9 Å². The molecule has 1 aromatic heterocycles. The Bertz CT molecular complexity index is 1030. The second-order valence-electron chi connectivity index (χ2n) is 5.55. The Labute approximate surface area is 144 Å². The molecule has 1 amide bonds. The van der Waals surface area contributed by atoms with Gasteiger partial charge in [0.15, 0.2) is 0 Å². The smallest absolute Gasteiger partial charge is 0.417 e. The molecule has 134 valence electrons. The standard InChI is InChI=1S/C17H12F3N3O3/c1-23-8-21-14-11(16(25)26)6-9(7-13(14)23)22-15(24)10-4-2-3-5-12(10)17(18,19)20/h2-8H,1H3,(H,22,24)(H,25,26). The van der Waals surface area contributed by atoms with Crippen LogP contribution >= 0.6 is 0 Å². The number of hydrogen-bond donors (Lipinski definition) is 2. The molecule has 0 aliphatic heterocycles. The van der Waals surface area contributed by atoms with Crippen molar-refractivity contribution < 1.29 is 27.9 Å². The molecule has 0 saturated heterocycles. The second-order valence-corrected chi connectivity index (χ2v) is 5.55. The van der Waals surface area contributed by atoms with Crippen LogP contribution in [0.3, 0.4) is 0 Å². The number of nitrogens with zero attached hydrogens (tertiary/aromatic N) is 2. The number of aromatic nitrogens is 2. The number of benzene rings is 2. The number of aryl methyl sites for hydroxylation is 1. The molecule has 0 fully saturated rings. The van der Waals surface area contributed by atoms with Crippen LogP contribution in [-0.2, 0) is 13.2 Å². The van der Waals surface area contributed by atoms with Crippen molar-refractivity contribution in [2.75, 3.05) is 5.32 Å². The first kappa shape index (κ1) is 17.5. The highest BCUT2D eigenvalue weighted by Crippen LogP contribution is 2.32. The monoisotopic (exact) mass is 363 g/mol. The maximum absolute atomic E-state index is 13.1. The van der Waals surface area contributed by atoms with E-state index in [-0.39, 0.29) is 16.8 Å². The van der Waals surface area contributed by atoms with E-state index in [1.807, 2.05) is 0 Å². The Hall–Kier alpha value is -3.36. The Kier molecular flexibility index (Phi) is 4.15. The van der Waals surface area contributed by atoms with Gasteiger partial charge in [0.1, 0.15) is 5.52 Å². The number of halogens is 3. The number of rotatable bonds is 3. The molecular formula is C17H12F3N3O3. The zero-order valence-electron chi connectivity index (χ0n) is 13.3. The predicted molar refractivity (Wildman–Crippen MR) is 87.1 cm³/mol. The Morgan fingerprint density at radius 2 is 1.85 bits per heavy atom. The van der Waals surface area contributed by atoms with Gasteiger partial charge in [-0.2, -0.15) is 13.2 Å². The highest BCUT2D eigenvalue weighted by molar-refractivity contribution is 6.08. The largest absolute Gasteiger partial charge is 0.478 e. The molecule has 3 aromatic rings. The van der Waals surface area contributed by atoms with Gasteiger partial charge < -0.3 is 15.0 Å². The molecule has 3 rings (SSSR count). The topological polar surface area (TPSA) is 84.2 Å². The predicted octanol–water partition coefficient (Wildman–Crippen LogP) is 3.54. The average Bonchev–Trinajstić information content (AvgIpc) is 2.94. The number of nitrogens with one attached hydrogen (secondary N) is 1. The second kappa shape index (κ2) is 6.17. The maximum atomic E-state index is 13.1. The van der Waals surface area contributed by atoms with Gasteiger partial charge in [-0.1, -0.05) is 12.1 Å². The SMILES string of the molecule is Cn1cnc2c(C(=O)O)cc(NC(=O)c3ccccc3C(F)(F)F)cc21. The number of carbonyl (C=O) groups excluding carboxylic acids is 1. The summed E-state index contributed by atoms with van der Waals surface area (Å²) in [7, 11) is 1.63. The molecule has 0 spiro atoms. The first-order chi connectivity index (χ1) is 12.2. The van der Waals surface area contributed by atoms with Crippen molar-refractivity contribution in [3.05, 3.63) is 59.4 Å². The van der Waals surface area contributed by atoms with E-state index in [0.717, 1.165) is 18.2 Å². The fourth-order valence-corrected chi connectivity index (χ4v) is 2.59. The zero-order valence-corrected chi connectivity index (χ0v) is 13.3. The molecule has 6 nitrogen and oxygen atoms in total. The van der Waals surface area contributed by atoms with E-state index < -0.39 is 29.2 Å². The number of fused-ring (bicyclic) bond motifs is 1. The van der Waals surface area contributed by atoms with Gasteiger partial charge in [0, 0.05) is 12.7 Å². The van der Waals surface area contributed by atoms with E-state index in [9.17, 15) is 27.9 Å². The van der Waals surface area contributed by atoms with E-state index in [4.69, 9.17) is 0 Å². The molecule has 2 N–H and O–H groups in total. The van der Waals surface area contributed by atoms with Crippen LogP contribution in [0.1, 0.15) is 26.3 Å². The van der Waals surface area contributed by atoms with Crippen molar-refractivity contribution in [3.63, 3.8) is 0 Å². The van der Waals surface area contributed by atoms with Gasteiger partial charge in [0.2, 0.25) is 0 Å². The van der Waals surface area contributed by atoms with Gasteiger partial charge in [-0.05, 0) is 24.3 Å². The fourth-order valence-electron chi connectivity index (χ4n) is 2.59. The quantitative estimate of drug-likeness (QED) is 0.745. The molecule has 0 bridgehead atoms. The van der Waals surface area contributed by atoms with Crippen molar-refractivity contribution in [1.82, 2.24) is 9.55 Å². The summed E-state index contributed by atoms with van der Waals surface area (Å²) in [5.74, 6) is -2.25. The minimum absolute atomic E-state index is 0.0560. The number of alkyl halides is 3. The van der Waals surface area contributed by atoms with Gasteiger partial charge in [-0.3, -0.25) is 4.79 Å². The Morgan fingerprint density at radius 3 is 2.50 bits per heavy atom. The number of carbonyl (C=O) groups is 2. The molecule has 0 atom stereocenters. The lowest BCUT2D eigenvalue weighted by atomic mass is 10.1.